The predicted octanol–water partition coefficient (Wildman–Crippen LogP) is 7.92. The molecular weight excluding hydrogens is 603 g/mol. The van der Waals surface area contributed by atoms with Crippen molar-refractivity contribution in [2.75, 3.05) is 25.4 Å². The van der Waals surface area contributed by atoms with E-state index in [9.17, 15) is 9.59 Å². The number of carbonyl (C=O) groups is 2. The van der Waals surface area contributed by atoms with E-state index in [4.69, 9.17) is 0 Å². The summed E-state index contributed by atoms with van der Waals surface area (Å²) in [5.41, 5.74) is 5.50. The summed E-state index contributed by atoms with van der Waals surface area (Å²) >= 11 is 1.70. The second kappa shape index (κ2) is 17.3. The van der Waals surface area contributed by atoms with Crippen LogP contribution >= 0.6 is 11.8 Å². The van der Waals surface area contributed by atoms with Crippen LogP contribution in [0.4, 0.5) is 0 Å². The van der Waals surface area contributed by atoms with Gasteiger partial charge in [-0.2, -0.15) is 0 Å². The summed E-state index contributed by atoms with van der Waals surface area (Å²) in [5.74, 6) is 2.02. The topological polar surface area (TPSA) is 71.3 Å². The summed E-state index contributed by atoms with van der Waals surface area (Å²) in [6.07, 6.45) is 8.98. The standard InChI is InChI=1S/C39H49N5O2S/c1-4-5-6-8-16-32-21-23-34(24-22-32)38(46)43-26-25-42(29-31(43)3)37(45)20-13-14-27-47-39-41-40-36(28-33-17-9-7-10-18-33)44(39)35-19-12-11-15-30(35)2/h7,9-12,15,17-19,21-24,31H,4-6,8,13-14,16,20,25-29H2,1-3H3. The first-order valence-electron chi connectivity index (χ1n) is 17.3. The molecule has 0 spiro atoms. The molecule has 1 fully saturated rings. The number of hydrogen-bond donors (Lipinski definition) is 0. The van der Waals surface area contributed by atoms with Crippen LogP contribution in [0.3, 0.4) is 0 Å². The lowest BCUT2D eigenvalue weighted by molar-refractivity contribution is -0.133. The van der Waals surface area contributed by atoms with Crippen molar-refractivity contribution in [1.29, 1.82) is 0 Å². The minimum Gasteiger partial charge on any atom is -0.339 e. The summed E-state index contributed by atoms with van der Waals surface area (Å²) in [6.45, 7) is 8.13. The summed E-state index contributed by atoms with van der Waals surface area (Å²) in [6, 6.07) is 26.8. The Morgan fingerprint density at radius 3 is 2.34 bits per heavy atom. The van der Waals surface area contributed by atoms with E-state index in [1.165, 1.54) is 42.4 Å². The van der Waals surface area contributed by atoms with Crippen molar-refractivity contribution in [3.05, 3.63) is 107 Å². The third-order valence-electron chi connectivity index (χ3n) is 9.04. The summed E-state index contributed by atoms with van der Waals surface area (Å²) in [4.78, 5) is 30.3. The monoisotopic (exact) mass is 651 g/mol. The van der Waals surface area contributed by atoms with Crippen LogP contribution in [-0.2, 0) is 17.6 Å². The van der Waals surface area contributed by atoms with Crippen molar-refractivity contribution >= 4 is 23.6 Å². The second-order valence-corrected chi connectivity index (χ2v) is 13.7. The van der Waals surface area contributed by atoms with E-state index in [0.29, 0.717) is 32.5 Å². The second-order valence-electron chi connectivity index (χ2n) is 12.7. The van der Waals surface area contributed by atoms with Crippen LogP contribution in [-0.4, -0.2) is 67.8 Å². The highest BCUT2D eigenvalue weighted by molar-refractivity contribution is 7.99. The smallest absolute Gasteiger partial charge is 0.254 e. The van der Waals surface area contributed by atoms with E-state index in [1.807, 2.05) is 34.9 Å². The Kier molecular flexibility index (Phi) is 12.7. The van der Waals surface area contributed by atoms with Crippen LogP contribution in [0.2, 0.25) is 0 Å². The van der Waals surface area contributed by atoms with Gasteiger partial charge in [0.2, 0.25) is 5.91 Å². The van der Waals surface area contributed by atoms with Gasteiger partial charge in [0.25, 0.3) is 5.91 Å². The van der Waals surface area contributed by atoms with Crippen molar-refractivity contribution < 1.29 is 9.59 Å². The molecule has 4 aromatic rings. The first kappa shape index (κ1) is 34.4. The van der Waals surface area contributed by atoms with Crippen LogP contribution in [0, 0.1) is 6.92 Å². The largest absolute Gasteiger partial charge is 0.339 e. The molecular formula is C39H49N5O2S. The maximum absolute atomic E-state index is 13.3. The summed E-state index contributed by atoms with van der Waals surface area (Å²) in [7, 11) is 0. The average molecular weight is 652 g/mol. The molecule has 47 heavy (non-hydrogen) atoms. The van der Waals surface area contributed by atoms with Crippen LogP contribution in [0.15, 0.2) is 84.0 Å². The number of para-hydroxylation sites is 1. The Hall–Kier alpha value is -3.91. The highest BCUT2D eigenvalue weighted by Gasteiger charge is 2.30. The fourth-order valence-electron chi connectivity index (χ4n) is 6.26. The Morgan fingerprint density at radius 1 is 0.830 bits per heavy atom. The number of thioether (sulfide) groups is 1. The molecule has 2 heterocycles. The van der Waals surface area contributed by atoms with E-state index in [-0.39, 0.29) is 17.9 Å². The maximum Gasteiger partial charge on any atom is 0.254 e. The highest BCUT2D eigenvalue weighted by Crippen LogP contribution is 2.26. The maximum atomic E-state index is 13.3. The first-order valence-corrected chi connectivity index (χ1v) is 18.3. The number of hydrogen-bond acceptors (Lipinski definition) is 5. The molecule has 0 saturated carbocycles. The SMILES string of the molecule is CCCCCCc1ccc(C(=O)N2CCN(C(=O)CCCCSc3nnc(Cc4ccccc4)n3-c3ccccc3C)CC2C)cc1. The molecule has 0 bridgehead atoms. The van der Waals surface area contributed by atoms with Gasteiger partial charge >= 0.3 is 0 Å². The van der Waals surface area contributed by atoms with E-state index in [0.717, 1.165) is 47.2 Å². The molecule has 1 unspecified atom stereocenters. The van der Waals surface area contributed by atoms with E-state index >= 15 is 0 Å². The zero-order valence-corrected chi connectivity index (χ0v) is 29.1. The Balaban J connectivity index is 1.08. The van der Waals surface area contributed by atoms with Gasteiger partial charge < -0.3 is 9.80 Å². The predicted molar refractivity (Wildman–Crippen MR) is 191 cm³/mol. The number of nitrogens with zero attached hydrogens (tertiary/aromatic N) is 5. The first-order chi connectivity index (χ1) is 22.9. The van der Waals surface area contributed by atoms with Gasteiger partial charge in [0.1, 0.15) is 5.82 Å². The van der Waals surface area contributed by atoms with Crippen LogP contribution in [0.5, 0.6) is 0 Å². The molecule has 7 nitrogen and oxygen atoms in total. The number of unbranched alkanes of at least 4 members (excludes halogenated alkanes) is 4. The molecule has 2 amide bonds. The van der Waals surface area contributed by atoms with Crippen molar-refractivity contribution in [3.8, 4) is 5.69 Å². The van der Waals surface area contributed by atoms with Crippen molar-refractivity contribution in [1.82, 2.24) is 24.6 Å². The zero-order valence-electron chi connectivity index (χ0n) is 28.2. The number of carbonyl (C=O) groups excluding carboxylic acids is 2. The average Bonchev–Trinajstić information content (AvgIpc) is 3.48. The van der Waals surface area contributed by atoms with Gasteiger partial charge in [-0.05, 0) is 74.4 Å². The number of rotatable bonds is 15. The molecule has 8 heteroatoms. The number of aromatic nitrogens is 3. The normalized spacial score (nSPS) is 14.8. The molecule has 1 aliphatic heterocycles. The van der Waals surface area contributed by atoms with E-state index in [1.54, 1.807) is 11.8 Å². The van der Waals surface area contributed by atoms with Gasteiger partial charge in [0.15, 0.2) is 5.16 Å². The number of benzene rings is 3. The van der Waals surface area contributed by atoms with Gasteiger partial charge in [0.05, 0.1) is 5.69 Å². The molecule has 1 atom stereocenters. The lowest BCUT2D eigenvalue weighted by Crippen LogP contribution is -2.55. The molecule has 0 radical (unpaired) electrons. The minimum atomic E-state index is -0.0117. The third kappa shape index (κ3) is 9.34. The molecule has 0 aliphatic carbocycles. The molecule has 1 aromatic heterocycles. The van der Waals surface area contributed by atoms with Gasteiger partial charge in [0, 0.05) is 49.8 Å². The quantitative estimate of drug-likeness (QED) is 0.0965. The van der Waals surface area contributed by atoms with Gasteiger partial charge in [-0.25, -0.2) is 0 Å². The fourth-order valence-corrected chi connectivity index (χ4v) is 7.23. The molecule has 0 N–H and O–H groups in total. The molecule has 1 aliphatic rings. The molecule has 5 rings (SSSR count). The minimum absolute atomic E-state index is 0.0117. The Morgan fingerprint density at radius 2 is 1.60 bits per heavy atom. The van der Waals surface area contributed by atoms with Gasteiger partial charge in [-0.3, -0.25) is 14.2 Å². The Labute approximate surface area is 284 Å². The van der Waals surface area contributed by atoms with E-state index in [2.05, 4.69) is 89.3 Å². The van der Waals surface area contributed by atoms with Crippen molar-refractivity contribution in [3.63, 3.8) is 0 Å². The summed E-state index contributed by atoms with van der Waals surface area (Å²) < 4.78 is 2.18. The van der Waals surface area contributed by atoms with Crippen molar-refractivity contribution in [2.24, 2.45) is 0 Å². The molecule has 248 valence electrons. The molecule has 1 saturated heterocycles. The Bertz CT molecular complexity index is 1590. The molecule has 3 aromatic carbocycles. The van der Waals surface area contributed by atoms with Crippen LogP contribution in [0.25, 0.3) is 5.69 Å². The lowest BCUT2D eigenvalue weighted by Gasteiger charge is -2.40. The van der Waals surface area contributed by atoms with Crippen LogP contribution < -0.4 is 0 Å². The fraction of sp³-hybridized carbons (Fsp3) is 0.436. The zero-order chi connectivity index (χ0) is 33.0. The highest BCUT2D eigenvalue weighted by atomic mass is 32.2. The van der Waals surface area contributed by atoms with Gasteiger partial charge in [-0.1, -0.05) is 98.6 Å². The number of amides is 2. The van der Waals surface area contributed by atoms with Crippen LogP contribution in [0.1, 0.15) is 91.7 Å². The van der Waals surface area contributed by atoms with Crippen molar-refractivity contribution in [2.45, 2.75) is 89.8 Å². The third-order valence-corrected chi connectivity index (χ3v) is 10.1. The summed E-state index contributed by atoms with van der Waals surface area (Å²) in [5, 5.41) is 10.0. The lowest BCUT2D eigenvalue weighted by atomic mass is 10.0. The number of piperazine rings is 1. The van der Waals surface area contributed by atoms with Gasteiger partial charge in [-0.15, -0.1) is 10.2 Å². The van der Waals surface area contributed by atoms with E-state index < -0.39 is 0 Å². The number of aryl methyl sites for hydroxylation is 2.